The van der Waals surface area contributed by atoms with Gasteiger partial charge in [-0.15, -0.1) is 11.8 Å². The maximum absolute atomic E-state index is 6.08. The lowest BCUT2D eigenvalue weighted by Crippen LogP contribution is -2.25. The van der Waals surface area contributed by atoms with Gasteiger partial charge in [0.25, 0.3) is 0 Å². The SMILES string of the molecule is CNC(c1ccc(C)cc1)C(C)Sc1ccc(Cl)c(Cl)c1. The standard InChI is InChI=1S/C17H19Cl2NS/c1-11-4-6-13(7-5-11)17(20-3)12(2)21-14-8-9-15(18)16(19)10-14/h4-10,12,17,20H,1-3H3. The summed E-state index contributed by atoms with van der Waals surface area (Å²) in [7, 11) is 2.00. The lowest BCUT2D eigenvalue weighted by Gasteiger charge is -2.24. The molecule has 112 valence electrons. The molecular weight excluding hydrogens is 321 g/mol. The van der Waals surface area contributed by atoms with E-state index in [2.05, 4.69) is 43.4 Å². The van der Waals surface area contributed by atoms with Gasteiger partial charge in [-0.2, -0.15) is 0 Å². The minimum absolute atomic E-state index is 0.282. The van der Waals surface area contributed by atoms with Gasteiger partial charge in [0.2, 0.25) is 0 Å². The van der Waals surface area contributed by atoms with E-state index in [4.69, 9.17) is 23.2 Å². The normalized spacial score (nSPS) is 14.0. The van der Waals surface area contributed by atoms with Gasteiger partial charge in [-0.25, -0.2) is 0 Å². The molecule has 0 fully saturated rings. The molecule has 1 nitrogen and oxygen atoms in total. The van der Waals surface area contributed by atoms with Crippen LogP contribution < -0.4 is 5.32 Å². The summed E-state index contributed by atoms with van der Waals surface area (Å²) < 4.78 is 0. The predicted octanol–water partition coefficient (Wildman–Crippen LogP) is 5.74. The van der Waals surface area contributed by atoms with Crippen molar-refractivity contribution in [2.24, 2.45) is 0 Å². The third-order valence-electron chi connectivity index (χ3n) is 3.43. The molecule has 2 aromatic rings. The molecule has 0 bridgehead atoms. The zero-order valence-electron chi connectivity index (χ0n) is 12.4. The van der Waals surface area contributed by atoms with Crippen LogP contribution >= 0.6 is 35.0 Å². The Hall–Kier alpha value is -0.670. The molecule has 2 unspecified atom stereocenters. The summed E-state index contributed by atoms with van der Waals surface area (Å²) in [6.07, 6.45) is 0. The molecule has 1 N–H and O–H groups in total. The molecule has 2 rings (SSSR count). The molecule has 2 atom stereocenters. The summed E-state index contributed by atoms with van der Waals surface area (Å²) in [6.45, 7) is 4.32. The highest BCUT2D eigenvalue weighted by Gasteiger charge is 2.18. The maximum Gasteiger partial charge on any atom is 0.0603 e. The molecule has 21 heavy (non-hydrogen) atoms. The van der Waals surface area contributed by atoms with Crippen LogP contribution in [-0.2, 0) is 0 Å². The quantitative estimate of drug-likeness (QED) is 0.696. The third kappa shape index (κ3) is 4.40. The Balaban J connectivity index is 2.14. The second-order valence-electron chi connectivity index (χ2n) is 5.08. The monoisotopic (exact) mass is 339 g/mol. The zero-order chi connectivity index (χ0) is 15.4. The summed E-state index contributed by atoms with van der Waals surface area (Å²) in [6, 6.07) is 14.7. The first-order chi connectivity index (χ1) is 10.0. The number of halogens is 2. The summed E-state index contributed by atoms with van der Waals surface area (Å²) in [5.41, 5.74) is 2.57. The number of nitrogens with one attached hydrogen (secondary N) is 1. The smallest absolute Gasteiger partial charge is 0.0603 e. The molecule has 0 amide bonds. The Bertz CT molecular complexity index is 598. The van der Waals surface area contributed by atoms with Gasteiger partial charge < -0.3 is 5.32 Å². The van der Waals surface area contributed by atoms with Crippen molar-refractivity contribution < 1.29 is 0 Å². The molecule has 0 aliphatic rings. The van der Waals surface area contributed by atoms with E-state index in [-0.39, 0.29) is 6.04 Å². The molecule has 0 saturated heterocycles. The highest BCUT2D eigenvalue weighted by molar-refractivity contribution is 8.00. The van der Waals surface area contributed by atoms with Gasteiger partial charge in [0.1, 0.15) is 0 Å². The maximum atomic E-state index is 6.08. The van der Waals surface area contributed by atoms with Crippen LogP contribution in [-0.4, -0.2) is 12.3 Å². The summed E-state index contributed by atoms with van der Waals surface area (Å²) in [4.78, 5) is 1.13. The Labute approximate surface area is 141 Å². The van der Waals surface area contributed by atoms with Crippen LogP contribution in [0.5, 0.6) is 0 Å². The van der Waals surface area contributed by atoms with Crippen molar-refractivity contribution in [1.29, 1.82) is 0 Å². The van der Waals surface area contributed by atoms with Crippen LogP contribution in [0.2, 0.25) is 10.0 Å². The van der Waals surface area contributed by atoms with E-state index in [1.165, 1.54) is 11.1 Å². The van der Waals surface area contributed by atoms with Gasteiger partial charge in [0, 0.05) is 16.2 Å². The molecule has 0 radical (unpaired) electrons. The first kappa shape index (κ1) is 16.7. The van der Waals surface area contributed by atoms with Crippen molar-refractivity contribution in [3.8, 4) is 0 Å². The molecule has 0 aliphatic heterocycles. The van der Waals surface area contributed by atoms with E-state index in [9.17, 15) is 0 Å². The fourth-order valence-electron chi connectivity index (χ4n) is 2.28. The molecule has 4 heteroatoms. The predicted molar refractivity (Wildman–Crippen MR) is 94.8 cm³/mol. The number of hydrogen-bond donors (Lipinski definition) is 1. The van der Waals surface area contributed by atoms with Crippen molar-refractivity contribution >= 4 is 35.0 Å². The number of hydrogen-bond acceptors (Lipinski definition) is 2. The minimum atomic E-state index is 0.282. The number of aryl methyl sites for hydroxylation is 1. The van der Waals surface area contributed by atoms with Crippen LogP contribution in [0.3, 0.4) is 0 Å². The van der Waals surface area contributed by atoms with Crippen molar-refractivity contribution in [3.63, 3.8) is 0 Å². The van der Waals surface area contributed by atoms with Gasteiger partial charge in [0.05, 0.1) is 10.0 Å². The average Bonchev–Trinajstić information content (AvgIpc) is 2.46. The van der Waals surface area contributed by atoms with Crippen molar-refractivity contribution in [3.05, 3.63) is 63.6 Å². The molecule has 0 saturated carbocycles. The van der Waals surface area contributed by atoms with Crippen LogP contribution in [0.1, 0.15) is 24.1 Å². The van der Waals surface area contributed by atoms with Crippen LogP contribution in [0.25, 0.3) is 0 Å². The topological polar surface area (TPSA) is 12.0 Å². The Morgan fingerprint density at radius 2 is 1.67 bits per heavy atom. The summed E-state index contributed by atoms with van der Waals surface area (Å²) in [5, 5.41) is 4.97. The van der Waals surface area contributed by atoms with Gasteiger partial charge in [-0.3, -0.25) is 0 Å². The largest absolute Gasteiger partial charge is 0.312 e. The van der Waals surface area contributed by atoms with Crippen LogP contribution in [0, 0.1) is 6.92 Å². The molecule has 0 aromatic heterocycles. The molecule has 0 aliphatic carbocycles. The Morgan fingerprint density at radius 3 is 2.24 bits per heavy atom. The van der Waals surface area contributed by atoms with E-state index in [1.807, 2.05) is 25.2 Å². The van der Waals surface area contributed by atoms with E-state index < -0.39 is 0 Å². The minimum Gasteiger partial charge on any atom is -0.312 e. The highest BCUT2D eigenvalue weighted by Crippen LogP contribution is 2.34. The molecule has 0 spiro atoms. The van der Waals surface area contributed by atoms with E-state index in [0.717, 1.165) is 4.90 Å². The lowest BCUT2D eigenvalue weighted by molar-refractivity contribution is 0.589. The zero-order valence-corrected chi connectivity index (χ0v) is 14.7. The number of benzene rings is 2. The van der Waals surface area contributed by atoms with Crippen molar-refractivity contribution in [2.75, 3.05) is 7.05 Å². The van der Waals surface area contributed by atoms with Gasteiger partial charge in [-0.1, -0.05) is 60.0 Å². The molecule has 0 heterocycles. The Kier molecular flexibility index (Phi) is 6.00. The van der Waals surface area contributed by atoms with E-state index >= 15 is 0 Å². The van der Waals surface area contributed by atoms with Crippen molar-refractivity contribution in [2.45, 2.75) is 30.0 Å². The highest BCUT2D eigenvalue weighted by atomic mass is 35.5. The molecular formula is C17H19Cl2NS. The number of rotatable bonds is 5. The first-order valence-corrected chi connectivity index (χ1v) is 8.50. The second-order valence-corrected chi connectivity index (χ2v) is 7.34. The fourth-order valence-corrected chi connectivity index (χ4v) is 3.83. The Morgan fingerprint density at radius 1 is 1.00 bits per heavy atom. The van der Waals surface area contributed by atoms with Gasteiger partial charge >= 0.3 is 0 Å². The summed E-state index contributed by atoms with van der Waals surface area (Å²) in [5.74, 6) is 0. The van der Waals surface area contributed by atoms with Crippen LogP contribution in [0.15, 0.2) is 47.4 Å². The summed E-state index contributed by atoms with van der Waals surface area (Å²) >= 11 is 13.8. The first-order valence-electron chi connectivity index (χ1n) is 6.87. The molecule has 2 aromatic carbocycles. The van der Waals surface area contributed by atoms with E-state index in [0.29, 0.717) is 15.3 Å². The van der Waals surface area contributed by atoms with Crippen molar-refractivity contribution in [1.82, 2.24) is 5.32 Å². The van der Waals surface area contributed by atoms with Gasteiger partial charge in [0.15, 0.2) is 0 Å². The fraction of sp³-hybridized carbons (Fsp3) is 0.294. The van der Waals surface area contributed by atoms with Gasteiger partial charge in [-0.05, 0) is 37.7 Å². The van der Waals surface area contributed by atoms with E-state index in [1.54, 1.807) is 11.8 Å². The second kappa shape index (κ2) is 7.55. The number of thioether (sulfide) groups is 1. The van der Waals surface area contributed by atoms with Crippen LogP contribution in [0.4, 0.5) is 0 Å². The average molecular weight is 340 g/mol. The lowest BCUT2D eigenvalue weighted by atomic mass is 10.0. The third-order valence-corrected chi connectivity index (χ3v) is 5.34.